The van der Waals surface area contributed by atoms with Gasteiger partial charge in [0.15, 0.2) is 19.7 Å². The van der Waals surface area contributed by atoms with Gasteiger partial charge in [0.1, 0.15) is 0 Å². The van der Waals surface area contributed by atoms with Crippen molar-refractivity contribution >= 4 is 19.7 Å². The summed E-state index contributed by atoms with van der Waals surface area (Å²) in [6.45, 7) is 4.02. The van der Waals surface area contributed by atoms with E-state index in [1.807, 2.05) is 13.8 Å². The number of hydrogen-bond acceptors (Lipinski definition) is 4. The van der Waals surface area contributed by atoms with Crippen molar-refractivity contribution in [3.63, 3.8) is 0 Å². The first kappa shape index (κ1) is 19.4. The molecule has 0 heterocycles. The third-order valence-corrected chi connectivity index (χ3v) is 5.61. The summed E-state index contributed by atoms with van der Waals surface area (Å²) in [5.41, 5.74) is 0. The van der Waals surface area contributed by atoms with Crippen LogP contribution in [0.4, 0.5) is 0 Å². The molecule has 0 aromatic rings. The summed E-state index contributed by atoms with van der Waals surface area (Å²) < 4.78 is 46.3. The molecule has 0 spiro atoms. The molecule has 0 bridgehead atoms. The van der Waals surface area contributed by atoms with Crippen LogP contribution in [0.1, 0.15) is 52.4 Å². The van der Waals surface area contributed by atoms with Crippen molar-refractivity contribution in [3.8, 4) is 0 Å². The Morgan fingerprint density at radius 2 is 1.00 bits per heavy atom. The Hall–Kier alpha value is -0.620. The van der Waals surface area contributed by atoms with E-state index in [4.69, 9.17) is 0 Å². The van der Waals surface area contributed by atoms with E-state index in [1.54, 1.807) is 0 Å². The van der Waals surface area contributed by atoms with Gasteiger partial charge in [0, 0.05) is 10.8 Å². The van der Waals surface area contributed by atoms with Gasteiger partial charge in [-0.05, 0) is 12.8 Å². The van der Waals surface area contributed by atoms with Crippen LogP contribution in [0.3, 0.4) is 0 Å². The second kappa shape index (κ2) is 10.2. The first-order chi connectivity index (χ1) is 9.33. The van der Waals surface area contributed by atoms with E-state index >= 15 is 0 Å². The predicted molar refractivity (Wildman–Crippen MR) is 84.9 cm³/mol. The lowest BCUT2D eigenvalue weighted by Crippen LogP contribution is -2.02. The number of hydrogen-bond donors (Lipinski definition) is 0. The van der Waals surface area contributed by atoms with E-state index in [1.165, 1.54) is 12.2 Å². The Morgan fingerprint density at radius 1 is 0.650 bits per heavy atom. The van der Waals surface area contributed by atoms with Gasteiger partial charge in [-0.25, -0.2) is 16.8 Å². The maximum absolute atomic E-state index is 11.6. The fourth-order valence-electron chi connectivity index (χ4n) is 1.57. The first-order valence-corrected chi connectivity index (χ1v) is 10.6. The van der Waals surface area contributed by atoms with E-state index < -0.39 is 19.7 Å². The molecule has 0 aromatic carbocycles. The third kappa shape index (κ3) is 11.2. The van der Waals surface area contributed by atoms with Crippen molar-refractivity contribution in [1.29, 1.82) is 0 Å². The van der Waals surface area contributed by atoms with E-state index in [9.17, 15) is 16.8 Å². The highest BCUT2D eigenvalue weighted by Crippen LogP contribution is 2.03. The fourth-order valence-corrected chi connectivity index (χ4v) is 3.72. The molecule has 0 aliphatic heterocycles. The van der Waals surface area contributed by atoms with Gasteiger partial charge in [0.2, 0.25) is 0 Å². The average Bonchev–Trinajstić information content (AvgIpc) is 2.35. The lowest BCUT2D eigenvalue weighted by molar-refractivity contribution is 0.597. The molecule has 0 fully saturated rings. The molecule has 0 amide bonds. The molecule has 0 rings (SSSR count). The van der Waals surface area contributed by atoms with Gasteiger partial charge in [-0.2, -0.15) is 0 Å². The second-order valence-corrected chi connectivity index (χ2v) is 8.82. The summed E-state index contributed by atoms with van der Waals surface area (Å²) >= 11 is 0. The molecule has 4 nitrogen and oxygen atoms in total. The minimum absolute atomic E-state index is 0.119. The van der Waals surface area contributed by atoms with Crippen LogP contribution in [-0.4, -0.2) is 28.3 Å². The Morgan fingerprint density at radius 3 is 1.30 bits per heavy atom. The molecule has 0 saturated carbocycles. The van der Waals surface area contributed by atoms with Crippen molar-refractivity contribution in [3.05, 3.63) is 23.0 Å². The van der Waals surface area contributed by atoms with E-state index in [0.717, 1.165) is 36.5 Å². The molecule has 0 radical (unpaired) electrons. The number of allylic oxidation sites excluding steroid dienone is 2. The Balaban J connectivity index is 4.30. The molecule has 0 aromatic heterocycles. The molecular weight excluding hydrogens is 296 g/mol. The highest BCUT2D eigenvalue weighted by Gasteiger charge is 2.05. The van der Waals surface area contributed by atoms with Crippen LogP contribution < -0.4 is 0 Å². The Labute approximate surface area is 123 Å². The van der Waals surface area contributed by atoms with Crippen LogP contribution in [0.15, 0.2) is 23.0 Å². The largest absolute Gasteiger partial charge is 0.224 e. The molecule has 0 atom stereocenters. The quantitative estimate of drug-likeness (QED) is 0.432. The standard InChI is InChI=1S/C14H26O4S2/c1-3-5-7-11-19(15,16)13-9-10-14-20(17,18)12-8-6-4-2/h9-10,13-14H,3-8,11-12H2,1-2H3. The number of rotatable bonds is 11. The maximum atomic E-state index is 11.6. The van der Waals surface area contributed by atoms with E-state index in [2.05, 4.69) is 0 Å². The normalized spacial score (nSPS) is 13.5. The topological polar surface area (TPSA) is 68.3 Å². The predicted octanol–water partition coefficient (Wildman–Crippen LogP) is 3.22. The SMILES string of the molecule is CCCCCS(=O)(=O)C=CC=CS(=O)(=O)CCCCC. The molecule has 6 heteroatoms. The van der Waals surface area contributed by atoms with Crippen molar-refractivity contribution in [2.24, 2.45) is 0 Å². The third-order valence-electron chi connectivity index (χ3n) is 2.75. The summed E-state index contributed by atoms with van der Waals surface area (Å²) in [4.78, 5) is 0. The zero-order chi connectivity index (χ0) is 15.5. The minimum atomic E-state index is -3.22. The fraction of sp³-hybridized carbons (Fsp3) is 0.714. The summed E-state index contributed by atoms with van der Waals surface area (Å²) in [5, 5.41) is 2.17. The zero-order valence-corrected chi connectivity index (χ0v) is 14.0. The van der Waals surface area contributed by atoms with Crippen molar-refractivity contribution in [2.45, 2.75) is 52.4 Å². The van der Waals surface area contributed by atoms with Crippen LogP contribution >= 0.6 is 0 Å². The monoisotopic (exact) mass is 322 g/mol. The highest BCUT2D eigenvalue weighted by atomic mass is 32.2. The van der Waals surface area contributed by atoms with Crippen molar-refractivity contribution in [2.75, 3.05) is 11.5 Å². The molecule has 0 unspecified atom stereocenters. The molecule has 0 saturated heterocycles. The lowest BCUT2D eigenvalue weighted by Gasteiger charge is -1.97. The van der Waals surface area contributed by atoms with Gasteiger partial charge in [-0.1, -0.05) is 51.7 Å². The summed E-state index contributed by atoms with van der Waals surface area (Å²) in [7, 11) is -6.44. The zero-order valence-electron chi connectivity index (χ0n) is 12.4. The summed E-state index contributed by atoms with van der Waals surface area (Å²) in [5.74, 6) is 0.239. The Bertz CT molecular complexity index is 451. The average molecular weight is 322 g/mol. The summed E-state index contributed by atoms with van der Waals surface area (Å²) in [6.07, 6.45) is 7.56. The molecule has 118 valence electrons. The van der Waals surface area contributed by atoms with Crippen LogP contribution in [0.2, 0.25) is 0 Å². The van der Waals surface area contributed by atoms with Crippen molar-refractivity contribution < 1.29 is 16.8 Å². The van der Waals surface area contributed by atoms with Crippen LogP contribution in [0.5, 0.6) is 0 Å². The number of unbranched alkanes of at least 4 members (excludes halogenated alkanes) is 4. The van der Waals surface area contributed by atoms with Gasteiger partial charge >= 0.3 is 0 Å². The van der Waals surface area contributed by atoms with Crippen LogP contribution in [-0.2, 0) is 19.7 Å². The first-order valence-electron chi connectivity index (χ1n) is 7.13. The molecular formula is C14H26O4S2. The highest BCUT2D eigenvalue weighted by molar-refractivity contribution is 7.94. The molecule has 0 aliphatic rings. The van der Waals surface area contributed by atoms with Gasteiger partial charge in [0.05, 0.1) is 11.5 Å². The number of sulfone groups is 2. The van der Waals surface area contributed by atoms with Crippen molar-refractivity contribution in [1.82, 2.24) is 0 Å². The Kier molecular flexibility index (Phi) is 9.84. The second-order valence-electron chi connectivity index (χ2n) is 4.81. The van der Waals surface area contributed by atoms with Crippen LogP contribution in [0, 0.1) is 0 Å². The minimum Gasteiger partial charge on any atom is -0.224 e. The molecule has 20 heavy (non-hydrogen) atoms. The van der Waals surface area contributed by atoms with Gasteiger partial charge in [-0.3, -0.25) is 0 Å². The van der Waals surface area contributed by atoms with E-state index in [0.29, 0.717) is 12.8 Å². The van der Waals surface area contributed by atoms with Gasteiger partial charge in [0.25, 0.3) is 0 Å². The summed E-state index contributed by atoms with van der Waals surface area (Å²) in [6, 6.07) is 0. The molecule has 0 N–H and O–H groups in total. The molecule has 0 aliphatic carbocycles. The smallest absolute Gasteiger partial charge is 0.171 e. The van der Waals surface area contributed by atoms with E-state index in [-0.39, 0.29) is 11.5 Å². The van der Waals surface area contributed by atoms with Gasteiger partial charge < -0.3 is 0 Å². The maximum Gasteiger partial charge on any atom is 0.171 e. The van der Waals surface area contributed by atoms with Gasteiger partial charge in [-0.15, -0.1) is 0 Å². The lowest BCUT2D eigenvalue weighted by atomic mass is 10.3. The van der Waals surface area contributed by atoms with Crippen LogP contribution in [0.25, 0.3) is 0 Å².